The fraction of sp³-hybridized carbons (Fsp3) is 0.500. The second-order valence-electron chi connectivity index (χ2n) is 8.76. The number of rotatable bonds is 7. The summed E-state index contributed by atoms with van der Waals surface area (Å²) >= 11 is 0. The molecule has 5 nitrogen and oxygen atoms in total. The zero-order valence-corrected chi connectivity index (χ0v) is 18.4. The Bertz CT molecular complexity index is 852. The van der Waals surface area contributed by atoms with Crippen molar-refractivity contribution in [1.29, 1.82) is 0 Å². The fourth-order valence-electron chi connectivity index (χ4n) is 4.66. The first kappa shape index (κ1) is 21.8. The number of hydrogen-bond acceptors (Lipinski definition) is 4. The normalized spacial score (nSPS) is 19.0. The monoisotopic (exact) mass is 423 g/mol. The minimum absolute atomic E-state index is 0.178. The van der Waals surface area contributed by atoms with Crippen LogP contribution in [0.25, 0.3) is 11.1 Å². The van der Waals surface area contributed by atoms with Crippen LogP contribution in [-0.2, 0) is 20.7 Å². The Hall–Kier alpha value is -2.37. The van der Waals surface area contributed by atoms with E-state index in [2.05, 4.69) is 41.7 Å². The fourth-order valence-corrected chi connectivity index (χ4v) is 4.66. The maximum atomic E-state index is 13.4. The molecule has 0 bridgehead atoms. The zero-order chi connectivity index (χ0) is 21.5. The van der Waals surface area contributed by atoms with Gasteiger partial charge in [-0.25, -0.2) is 0 Å². The Morgan fingerprint density at radius 3 is 2.42 bits per heavy atom. The van der Waals surface area contributed by atoms with Crippen molar-refractivity contribution in [2.75, 3.05) is 40.1 Å². The molecule has 0 unspecified atom stereocenters. The quantitative estimate of drug-likeness (QED) is 0.724. The first-order valence-corrected chi connectivity index (χ1v) is 11.4. The maximum Gasteiger partial charge on any atom is 0.226 e. The van der Waals surface area contributed by atoms with E-state index in [0.29, 0.717) is 19.1 Å². The van der Waals surface area contributed by atoms with E-state index in [1.165, 1.54) is 5.56 Å². The van der Waals surface area contributed by atoms with Gasteiger partial charge in [0.05, 0.1) is 12.5 Å². The molecule has 2 heterocycles. The van der Waals surface area contributed by atoms with E-state index in [0.717, 1.165) is 68.7 Å². The average Bonchev–Trinajstić information content (AvgIpc) is 2.84. The lowest BCUT2D eigenvalue weighted by Gasteiger charge is -2.36. The predicted octanol–water partition coefficient (Wildman–Crippen LogP) is 4.24. The van der Waals surface area contributed by atoms with Crippen molar-refractivity contribution in [3.8, 4) is 16.9 Å². The van der Waals surface area contributed by atoms with Crippen molar-refractivity contribution < 1.29 is 19.0 Å². The second-order valence-corrected chi connectivity index (χ2v) is 8.76. The number of carbonyl (C=O) groups is 1. The van der Waals surface area contributed by atoms with E-state index >= 15 is 0 Å². The van der Waals surface area contributed by atoms with Gasteiger partial charge in [0.15, 0.2) is 0 Å². The molecule has 1 amide bonds. The van der Waals surface area contributed by atoms with Crippen LogP contribution in [-0.4, -0.2) is 46.0 Å². The van der Waals surface area contributed by atoms with Crippen molar-refractivity contribution >= 4 is 5.91 Å². The van der Waals surface area contributed by atoms with Gasteiger partial charge in [0.25, 0.3) is 0 Å². The van der Waals surface area contributed by atoms with Crippen molar-refractivity contribution in [2.45, 2.75) is 32.1 Å². The number of carbonyl (C=O) groups excluding carboxylic acids is 1. The topological polar surface area (TPSA) is 56.8 Å². The van der Waals surface area contributed by atoms with Crippen LogP contribution in [0.3, 0.4) is 0 Å². The molecule has 0 atom stereocenters. The second kappa shape index (κ2) is 10.3. The van der Waals surface area contributed by atoms with Crippen LogP contribution in [0.2, 0.25) is 0 Å². The van der Waals surface area contributed by atoms with Crippen LogP contribution in [0.4, 0.5) is 0 Å². The summed E-state index contributed by atoms with van der Waals surface area (Å²) in [5.74, 6) is 1.55. The van der Waals surface area contributed by atoms with Gasteiger partial charge in [-0.3, -0.25) is 4.79 Å². The van der Waals surface area contributed by atoms with Crippen LogP contribution < -0.4 is 10.1 Å². The summed E-state index contributed by atoms with van der Waals surface area (Å²) in [6.07, 6.45) is 4.32. The highest BCUT2D eigenvalue weighted by molar-refractivity contribution is 5.83. The Morgan fingerprint density at radius 1 is 1.00 bits per heavy atom. The third kappa shape index (κ3) is 5.46. The van der Waals surface area contributed by atoms with Gasteiger partial charge >= 0.3 is 0 Å². The summed E-state index contributed by atoms with van der Waals surface area (Å²) in [6.45, 7) is 3.64. The van der Waals surface area contributed by atoms with Crippen LogP contribution in [0.5, 0.6) is 5.75 Å². The summed E-state index contributed by atoms with van der Waals surface area (Å²) in [4.78, 5) is 13.4. The van der Waals surface area contributed by atoms with Crippen molar-refractivity contribution in [1.82, 2.24) is 5.32 Å². The summed E-state index contributed by atoms with van der Waals surface area (Å²) in [5, 5.41) is 3.28. The minimum Gasteiger partial charge on any atom is -0.497 e. The van der Waals surface area contributed by atoms with Gasteiger partial charge in [0.1, 0.15) is 5.75 Å². The SMILES string of the molecule is COc1ccc(-c2cccc(CC3(C(=O)NCC4CCOCC4)CCOCC3)c2)cc1. The standard InChI is InChI=1S/C26H33NO4/c1-29-24-7-5-22(6-8-24)23-4-2-3-21(17-23)18-26(11-15-31-16-12-26)25(28)27-19-20-9-13-30-14-10-20/h2-8,17,20H,9-16,18-19H2,1H3,(H,27,28). The van der Waals surface area contributed by atoms with Gasteiger partial charge in [-0.1, -0.05) is 36.4 Å². The number of hydrogen-bond donors (Lipinski definition) is 1. The van der Waals surface area contributed by atoms with Gasteiger partial charge in [-0.2, -0.15) is 0 Å². The maximum absolute atomic E-state index is 13.4. The molecule has 0 aliphatic carbocycles. The molecule has 0 aromatic heterocycles. The molecule has 0 radical (unpaired) electrons. The highest BCUT2D eigenvalue weighted by Gasteiger charge is 2.40. The third-order valence-corrected chi connectivity index (χ3v) is 6.72. The molecule has 2 aliphatic heterocycles. The van der Waals surface area contributed by atoms with Crippen molar-refractivity contribution in [2.24, 2.45) is 11.3 Å². The Balaban J connectivity index is 1.48. The first-order chi connectivity index (χ1) is 15.2. The van der Waals surface area contributed by atoms with E-state index in [1.54, 1.807) is 7.11 Å². The summed E-state index contributed by atoms with van der Waals surface area (Å²) in [5.41, 5.74) is 3.09. The molecule has 2 aromatic rings. The molecule has 1 N–H and O–H groups in total. The Kier molecular flexibility index (Phi) is 7.25. The smallest absolute Gasteiger partial charge is 0.226 e. The number of amides is 1. The highest BCUT2D eigenvalue weighted by atomic mass is 16.5. The summed E-state index contributed by atoms with van der Waals surface area (Å²) < 4.78 is 16.3. The largest absolute Gasteiger partial charge is 0.497 e. The van der Waals surface area contributed by atoms with Gasteiger partial charge in [-0.05, 0) is 66.8 Å². The van der Waals surface area contributed by atoms with Crippen LogP contribution in [0.1, 0.15) is 31.2 Å². The van der Waals surface area contributed by atoms with Crippen LogP contribution >= 0.6 is 0 Å². The highest BCUT2D eigenvalue weighted by Crippen LogP contribution is 2.36. The lowest BCUT2D eigenvalue weighted by atomic mass is 9.74. The summed E-state index contributed by atoms with van der Waals surface area (Å²) in [6, 6.07) is 16.7. The lowest BCUT2D eigenvalue weighted by molar-refractivity contribution is -0.137. The molecule has 31 heavy (non-hydrogen) atoms. The molecule has 4 rings (SSSR count). The van der Waals surface area contributed by atoms with Crippen molar-refractivity contribution in [3.63, 3.8) is 0 Å². The van der Waals surface area contributed by atoms with Gasteiger partial charge in [0, 0.05) is 33.0 Å². The van der Waals surface area contributed by atoms with Gasteiger partial charge in [0.2, 0.25) is 5.91 Å². The number of benzene rings is 2. The van der Waals surface area contributed by atoms with E-state index in [4.69, 9.17) is 14.2 Å². The van der Waals surface area contributed by atoms with E-state index in [1.807, 2.05) is 12.1 Å². The molecule has 0 saturated carbocycles. The van der Waals surface area contributed by atoms with E-state index < -0.39 is 5.41 Å². The first-order valence-electron chi connectivity index (χ1n) is 11.4. The lowest BCUT2D eigenvalue weighted by Crippen LogP contribution is -2.47. The van der Waals surface area contributed by atoms with Crippen LogP contribution in [0, 0.1) is 11.3 Å². The van der Waals surface area contributed by atoms with Crippen LogP contribution in [0.15, 0.2) is 48.5 Å². The molecular formula is C26H33NO4. The summed E-state index contributed by atoms with van der Waals surface area (Å²) in [7, 11) is 1.68. The Labute approximate surface area is 185 Å². The number of ether oxygens (including phenoxy) is 3. The number of methoxy groups -OCH3 is 1. The van der Waals surface area contributed by atoms with E-state index in [9.17, 15) is 4.79 Å². The molecule has 2 fully saturated rings. The zero-order valence-electron chi connectivity index (χ0n) is 18.4. The number of nitrogens with one attached hydrogen (secondary N) is 1. The van der Waals surface area contributed by atoms with E-state index in [-0.39, 0.29) is 5.91 Å². The molecular weight excluding hydrogens is 390 g/mol. The van der Waals surface area contributed by atoms with Gasteiger partial charge < -0.3 is 19.5 Å². The molecule has 166 valence electrons. The molecule has 2 saturated heterocycles. The molecule has 2 aliphatic rings. The predicted molar refractivity (Wildman–Crippen MR) is 121 cm³/mol. The molecule has 5 heteroatoms. The van der Waals surface area contributed by atoms with Crippen molar-refractivity contribution in [3.05, 3.63) is 54.1 Å². The molecule has 2 aromatic carbocycles. The minimum atomic E-state index is -0.401. The van der Waals surface area contributed by atoms with Gasteiger partial charge in [-0.15, -0.1) is 0 Å². The average molecular weight is 424 g/mol. The molecule has 0 spiro atoms. The third-order valence-electron chi connectivity index (χ3n) is 6.72. The Morgan fingerprint density at radius 2 is 1.71 bits per heavy atom.